The van der Waals surface area contributed by atoms with Gasteiger partial charge in [-0.2, -0.15) is 9.98 Å². The Morgan fingerprint density at radius 1 is 0.886 bits per heavy atom. The standard InChI is InChI=1S/C15H16O2.C9H6N2O2.C3H5ClO/c1-15(2,11-3-7-13(16)8-4-11)12-5-9-14(17)10-6-12;1-7-8(10-5-12)3-2-4-9(7)11-6-13;4-1-3-2-5-3/h3-10,16-17H,1-2H3;2-4H,1H3;3H,1-2H2. The van der Waals surface area contributed by atoms with Crippen molar-refractivity contribution in [3.8, 4) is 11.5 Å². The Bertz CT molecular complexity index is 1110. The molecule has 4 rings (SSSR count). The van der Waals surface area contributed by atoms with Crippen molar-refractivity contribution in [2.75, 3.05) is 12.5 Å². The average Bonchev–Trinajstić information content (AvgIpc) is 3.68. The second kappa shape index (κ2) is 13.2. The molecule has 1 atom stereocenters. The van der Waals surface area contributed by atoms with Crippen LogP contribution in [0.2, 0.25) is 0 Å². The first-order chi connectivity index (χ1) is 16.7. The van der Waals surface area contributed by atoms with Crippen molar-refractivity contribution in [1.82, 2.24) is 0 Å². The highest BCUT2D eigenvalue weighted by Gasteiger charge is 2.22. The summed E-state index contributed by atoms with van der Waals surface area (Å²) in [7, 11) is 0. The summed E-state index contributed by atoms with van der Waals surface area (Å²) in [4.78, 5) is 26.9. The van der Waals surface area contributed by atoms with Crippen LogP contribution in [0.3, 0.4) is 0 Å². The van der Waals surface area contributed by atoms with Gasteiger partial charge in [-0.05, 0) is 54.4 Å². The Kier molecular flexibility index (Phi) is 10.4. The van der Waals surface area contributed by atoms with E-state index in [4.69, 9.17) is 16.3 Å². The van der Waals surface area contributed by atoms with Crippen molar-refractivity contribution in [2.24, 2.45) is 9.98 Å². The van der Waals surface area contributed by atoms with Gasteiger partial charge in [0.05, 0.1) is 30.0 Å². The van der Waals surface area contributed by atoms with Crippen molar-refractivity contribution in [3.63, 3.8) is 0 Å². The Morgan fingerprint density at radius 2 is 1.29 bits per heavy atom. The molecule has 0 bridgehead atoms. The van der Waals surface area contributed by atoms with Gasteiger partial charge in [-0.15, -0.1) is 11.6 Å². The molecule has 2 N–H and O–H groups in total. The van der Waals surface area contributed by atoms with E-state index in [0.29, 0.717) is 28.9 Å². The second-order valence-electron chi connectivity index (χ2n) is 8.16. The van der Waals surface area contributed by atoms with Crippen molar-refractivity contribution in [1.29, 1.82) is 0 Å². The van der Waals surface area contributed by atoms with Gasteiger partial charge in [0.15, 0.2) is 0 Å². The Balaban J connectivity index is 0.000000211. The fraction of sp³-hybridized carbons (Fsp3) is 0.259. The molecule has 1 unspecified atom stereocenters. The van der Waals surface area contributed by atoms with Crippen LogP contribution < -0.4 is 0 Å². The van der Waals surface area contributed by atoms with Crippen molar-refractivity contribution in [3.05, 3.63) is 83.4 Å². The smallest absolute Gasteiger partial charge is 0.240 e. The summed E-state index contributed by atoms with van der Waals surface area (Å²) in [5.74, 6) is 1.21. The fourth-order valence-electron chi connectivity index (χ4n) is 3.03. The van der Waals surface area contributed by atoms with E-state index in [1.807, 2.05) is 24.3 Å². The second-order valence-corrected chi connectivity index (χ2v) is 8.46. The van der Waals surface area contributed by atoms with E-state index in [9.17, 15) is 19.8 Å². The van der Waals surface area contributed by atoms with E-state index in [-0.39, 0.29) is 16.9 Å². The van der Waals surface area contributed by atoms with Crippen molar-refractivity contribution < 1.29 is 24.5 Å². The number of nitrogens with zero attached hydrogens (tertiary/aromatic N) is 2. The van der Waals surface area contributed by atoms with Gasteiger partial charge >= 0.3 is 0 Å². The van der Waals surface area contributed by atoms with Crippen LogP contribution in [0, 0.1) is 6.92 Å². The molecule has 1 saturated heterocycles. The van der Waals surface area contributed by atoms with Crippen LogP contribution in [-0.2, 0) is 19.7 Å². The molecule has 0 radical (unpaired) electrons. The summed E-state index contributed by atoms with van der Waals surface area (Å²) in [6, 6.07) is 19.4. The maximum Gasteiger partial charge on any atom is 0.240 e. The van der Waals surface area contributed by atoms with Crippen LogP contribution in [0.4, 0.5) is 11.4 Å². The number of ether oxygens (including phenoxy) is 1. The van der Waals surface area contributed by atoms with E-state index in [2.05, 4.69) is 23.8 Å². The highest BCUT2D eigenvalue weighted by atomic mass is 35.5. The number of halogens is 1. The van der Waals surface area contributed by atoms with Crippen molar-refractivity contribution in [2.45, 2.75) is 32.3 Å². The zero-order chi connectivity index (χ0) is 25.8. The molecule has 1 fully saturated rings. The lowest BCUT2D eigenvalue weighted by molar-refractivity contribution is 0.425. The normalized spacial score (nSPS) is 13.5. The maximum atomic E-state index is 10.00. The van der Waals surface area contributed by atoms with Crippen LogP contribution >= 0.6 is 11.6 Å². The molecule has 7 nitrogen and oxygen atoms in total. The van der Waals surface area contributed by atoms with Crippen LogP contribution in [0.25, 0.3) is 0 Å². The predicted octanol–water partition coefficient (Wildman–Crippen LogP) is 5.98. The molecule has 182 valence electrons. The summed E-state index contributed by atoms with van der Waals surface area (Å²) in [6.07, 6.45) is 3.26. The van der Waals surface area contributed by atoms with Gasteiger partial charge in [0.2, 0.25) is 12.2 Å². The van der Waals surface area contributed by atoms with Gasteiger partial charge in [-0.25, -0.2) is 9.59 Å². The topological polar surface area (TPSA) is 112 Å². The number of isocyanates is 2. The lowest BCUT2D eigenvalue weighted by Crippen LogP contribution is -2.18. The third kappa shape index (κ3) is 8.53. The van der Waals surface area contributed by atoms with Gasteiger partial charge in [-0.1, -0.05) is 44.2 Å². The minimum absolute atomic E-state index is 0.151. The Hall–Kier alpha value is -3.73. The number of hydrogen-bond donors (Lipinski definition) is 2. The van der Waals surface area contributed by atoms with Gasteiger partial charge in [-0.3, -0.25) is 0 Å². The van der Waals surface area contributed by atoms with Gasteiger partial charge < -0.3 is 14.9 Å². The van der Waals surface area contributed by atoms with Crippen LogP contribution in [0.5, 0.6) is 11.5 Å². The minimum atomic E-state index is -0.151. The van der Waals surface area contributed by atoms with E-state index in [0.717, 1.165) is 17.7 Å². The van der Waals surface area contributed by atoms with E-state index in [1.165, 1.54) is 12.2 Å². The van der Waals surface area contributed by atoms with E-state index < -0.39 is 0 Å². The molecular weight excluding hydrogens is 468 g/mol. The molecule has 0 spiro atoms. The number of carbonyl (C=O) groups excluding carboxylic acids is 2. The summed E-state index contributed by atoms with van der Waals surface area (Å²) in [5.41, 5.74) is 3.69. The lowest BCUT2D eigenvalue weighted by atomic mass is 9.78. The monoisotopic (exact) mass is 494 g/mol. The number of aliphatic imine (C=N–C) groups is 2. The average molecular weight is 495 g/mol. The Morgan fingerprint density at radius 3 is 1.57 bits per heavy atom. The third-order valence-electron chi connectivity index (χ3n) is 5.36. The van der Waals surface area contributed by atoms with Crippen LogP contribution in [0.15, 0.2) is 76.7 Å². The molecule has 3 aromatic rings. The Labute approximate surface area is 209 Å². The summed E-state index contributed by atoms with van der Waals surface area (Å²) < 4.78 is 4.73. The highest BCUT2D eigenvalue weighted by Crippen LogP contribution is 2.33. The summed E-state index contributed by atoms with van der Waals surface area (Å²) in [6.45, 7) is 6.83. The molecule has 0 aromatic heterocycles. The van der Waals surface area contributed by atoms with Crippen molar-refractivity contribution >= 4 is 35.1 Å². The molecule has 0 saturated carbocycles. The molecule has 1 aliphatic rings. The molecular formula is C27H27ClN2O5. The summed E-state index contributed by atoms with van der Waals surface area (Å²) in [5, 5.41) is 18.6. The first kappa shape index (κ1) is 27.5. The van der Waals surface area contributed by atoms with E-state index >= 15 is 0 Å². The number of aromatic hydroxyl groups is 2. The minimum Gasteiger partial charge on any atom is -0.508 e. The quantitative estimate of drug-likeness (QED) is 0.196. The number of rotatable bonds is 5. The van der Waals surface area contributed by atoms with Crippen LogP contribution in [-0.4, -0.2) is 41.0 Å². The molecule has 8 heteroatoms. The number of hydrogen-bond acceptors (Lipinski definition) is 7. The maximum absolute atomic E-state index is 10.00. The summed E-state index contributed by atoms with van der Waals surface area (Å²) >= 11 is 5.27. The van der Waals surface area contributed by atoms with Gasteiger partial charge in [0.25, 0.3) is 0 Å². The molecule has 0 aliphatic carbocycles. The molecule has 0 amide bonds. The van der Waals surface area contributed by atoms with Gasteiger partial charge in [0.1, 0.15) is 11.5 Å². The number of epoxide rings is 1. The highest BCUT2D eigenvalue weighted by molar-refractivity contribution is 6.18. The van der Waals surface area contributed by atoms with Gasteiger partial charge in [0, 0.05) is 11.0 Å². The fourth-order valence-corrected chi connectivity index (χ4v) is 3.21. The number of benzene rings is 3. The predicted molar refractivity (Wildman–Crippen MR) is 136 cm³/mol. The SMILES string of the molecule is CC(C)(c1ccc(O)cc1)c1ccc(O)cc1.Cc1c(N=C=O)cccc1N=C=O.ClCC1CO1. The molecule has 3 aromatic carbocycles. The zero-order valence-corrected chi connectivity index (χ0v) is 20.5. The van der Waals surface area contributed by atoms with Crippen LogP contribution in [0.1, 0.15) is 30.5 Å². The third-order valence-corrected chi connectivity index (χ3v) is 5.71. The number of alkyl halides is 1. The molecule has 35 heavy (non-hydrogen) atoms. The largest absolute Gasteiger partial charge is 0.508 e. The molecule has 1 aliphatic heterocycles. The zero-order valence-electron chi connectivity index (χ0n) is 19.7. The lowest BCUT2D eigenvalue weighted by Gasteiger charge is -2.26. The van der Waals surface area contributed by atoms with E-state index in [1.54, 1.807) is 49.4 Å². The first-order valence-corrected chi connectivity index (χ1v) is 11.3. The number of phenolic OH excluding ortho intramolecular Hbond substituents is 2. The first-order valence-electron chi connectivity index (χ1n) is 10.7. The number of phenols is 2. The molecule has 1 heterocycles.